The third kappa shape index (κ3) is 2.24. The van der Waals surface area contributed by atoms with Gasteiger partial charge in [0.15, 0.2) is 0 Å². The number of aromatic nitrogens is 1. The number of halogens is 5. The van der Waals surface area contributed by atoms with Crippen LogP contribution in [0.25, 0.3) is 0 Å². The molecule has 0 saturated heterocycles. The first-order valence-electron chi connectivity index (χ1n) is 4.63. The molecular weight excluding hydrogens is 274 g/mol. The highest BCUT2D eigenvalue weighted by atomic mass is 35.5. The van der Waals surface area contributed by atoms with Crippen LogP contribution in [0.3, 0.4) is 0 Å². The van der Waals surface area contributed by atoms with Crippen LogP contribution in [0, 0.1) is 23.5 Å². The molecule has 2 nitrogen and oxygen atoms in total. The van der Waals surface area contributed by atoms with Gasteiger partial charge in [-0.2, -0.15) is 22.5 Å². The SMILES string of the molecule is Fc1nc(F)c(F)c(Oc2ccccc2Cl)c1F. The first-order valence-corrected chi connectivity index (χ1v) is 5.01. The minimum absolute atomic E-state index is 0.0360. The second-order valence-corrected chi connectivity index (χ2v) is 3.59. The molecule has 94 valence electrons. The van der Waals surface area contributed by atoms with Crippen molar-refractivity contribution in [1.29, 1.82) is 0 Å². The zero-order chi connectivity index (χ0) is 13.3. The van der Waals surface area contributed by atoms with Crippen molar-refractivity contribution in [2.75, 3.05) is 0 Å². The molecule has 0 amide bonds. The van der Waals surface area contributed by atoms with E-state index in [1.165, 1.54) is 18.2 Å². The van der Waals surface area contributed by atoms with E-state index in [-0.39, 0.29) is 10.8 Å². The fraction of sp³-hybridized carbons (Fsp3) is 0. The number of rotatable bonds is 2. The maximum absolute atomic E-state index is 13.2. The average molecular weight is 278 g/mol. The normalized spacial score (nSPS) is 10.5. The maximum atomic E-state index is 13.2. The Morgan fingerprint density at radius 2 is 1.50 bits per heavy atom. The van der Waals surface area contributed by atoms with Crippen molar-refractivity contribution in [1.82, 2.24) is 4.98 Å². The third-order valence-electron chi connectivity index (χ3n) is 2.01. The van der Waals surface area contributed by atoms with Crippen LogP contribution in [-0.2, 0) is 0 Å². The van der Waals surface area contributed by atoms with Crippen molar-refractivity contribution in [2.24, 2.45) is 0 Å². The van der Waals surface area contributed by atoms with Crippen LogP contribution in [-0.4, -0.2) is 4.98 Å². The Balaban J connectivity index is 2.50. The highest BCUT2D eigenvalue weighted by molar-refractivity contribution is 6.32. The molecule has 0 N–H and O–H groups in total. The summed E-state index contributed by atoms with van der Waals surface area (Å²) in [5.41, 5.74) is 0. The molecule has 0 saturated carbocycles. The van der Waals surface area contributed by atoms with Gasteiger partial charge in [-0.05, 0) is 12.1 Å². The van der Waals surface area contributed by atoms with Crippen molar-refractivity contribution in [2.45, 2.75) is 0 Å². The Bertz CT molecular complexity index is 580. The number of ether oxygens (including phenoxy) is 1. The van der Waals surface area contributed by atoms with Gasteiger partial charge in [-0.25, -0.2) is 0 Å². The molecule has 0 aliphatic carbocycles. The van der Waals surface area contributed by atoms with Gasteiger partial charge in [0.05, 0.1) is 5.02 Å². The fourth-order valence-electron chi connectivity index (χ4n) is 1.20. The number of para-hydroxylation sites is 1. The van der Waals surface area contributed by atoms with E-state index in [1.54, 1.807) is 6.07 Å². The molecule has 0 aliphatic heterocycles. The van der Waals surface area contributed by atoms with Gasteiger partial charge in [-0.15, -0.1) is 0 Å². The predicted octanol–water partition coefficient (Wildman–Crippen LogP) is 4.08. The highest BCUT2D eigenvalue weighted by Gasteiger charge is 2.23. The smallest absolute Gasteiger partial charge is 0.255 e. The summed E-state index contributed by atoms with van der Waals surface area (Å²) in [5, 5.41) is 0.0360. The first-order chi connectivity index (χ1) is 8.50. The Morgan fingerprint density at radius 1 is 0.944 bits per heavy atom. The summed E-state index contributed by atoms with van der Waals surface area (Å²) in [6.07, 6.45) is 0. The molecular formula is C11H4ClF4NO. The van der Waals surface area contributed by atoms with Crippen LogP contribution >= 0.6 is 11.6 Å². The van der Waals surface area contributed by atoms with Gasteiger partial charge in [0.2, 0.25) is 17.4 Å². The van der Waals surface area contributed by atoms with Gasteiger partial charge in [0.25, 0.3) is 11.9 Å². The van der Waals surface area contributed by atoms with Crippen LogP contribution in [0.15, 0.2) is 24.3 Å². The maximum Gasteiger partial charge on any atom is 0.255 e. The van der Waals surface area contributed by atoms with Crippen LogP contribution in [0.4, 0.5) is 17.6 Å². The molecule has 0 atom stereocenters. The van der Waals surface area contributed by atoms with Crippen molar-refractivity contribution in [3.63, 3.8) is 0 Å². The monoisotopic (exact) mass is 277 g/mol. The highest BCUT2D eigenvalue weighted by Crippen LogP contribution is 2.33. The van der Waals surface area contributed by atoms with Crippen LogP contribution < -0.4 is 4.74 Å². The zero-order valence-electron chi connectivity index (χ0n) is 8.55. The molecule has 7 heteroatoms. The second kappa shape index (κ2) is 4.81. The summed E-state index contributed by atoms with van der Waals surface area (Å²) in [7, 11) is 0. The molecule has 0 bridgehead atoms. The van der Waals surface area contributed by atoms with E-state index >= 15 is 0 Å². The predicted molar refractivity (Wildman–Crippen MR) is 55.6 cm³/mol. The molecule has 1 aromatic carbocycles. The van der Waals surface area contributed by atoms with Crippen LogP contribution in [0.5, 0.6) is 11.5 Å². The van der Waals surface area contributed by atoms with Crippen molar-refractivity contribution in [3.8, 4) is 11.5 Å². The lowest BCUT2D eigenvalue weighted by atomic mass is 10.3. The number of pyridine rings is 1. The largest absolute Gasteiger partial charge is 0.449 e. The molecule has 0 fully saturated rings. The Hall–Kier alpha value is -1.82. The molecule has 18 heavy (non-hydrogen) atoms. The summed E-state index contributed by atoms with van der Waals surface area (Å²) >= 11 is 5.69. The van der Waals surface area contributed by atoms with Crippen molar-refractivity contribution in [3.05, 3.63) is 52.8 Å². The van der Waals surface area contributed by atoms with E-state index in [1.807, 2.05) is 0 Å². The van der Waals surface area contributed by atoms with E-state index in [9.17, 15) is 17.6 Å². The molecule has 0 radical (unpaired) electrons. The Kier molecular flexibility index (Phi) is 3.38. The summed E-state index contributed by atoms with van der Waals surface area (Å²) in [4.78, 5) is 2.40. The minimum atomic E-state index is -1.80. The van der Waals surface area contributed by atoms with Gasteiger partial charge in [0, 0.05) is 0 Å². The molecule has 2 rings (SSSR count). The van der Waals surface area contributed by atoms with Gasteiger partial charge in [0.1, 0.15) is 5.75 Å². The Morgan fingerprint density at radius 3 is 2.06 bits per heavy atom. The fourth-order valence-corrected chi connectivity index (χ4v) is 1.37. The van der Waals surface area contributed by atoms with Gasteiger partial charge >= 0.3 is 0 Å². The van der Waals surface area contributed by atoms with E-state index in [2.05, 4.69) is 4.98 Å². The van der Waals surface area contributed by atoms with Crippen molar-refractivity contribution < 1.29 is 22.3 Å². The lowest BCUT2D eigenvalue weighted by Crippen LogP contribution is -2.03. The average Bonchev–Trinajstić information content (AvgIpc) is 2.34. The number of nitrogens with zero attached hydrogens (tertiary/aromatic N) is 1. The molecule has 0 aliphatic rings. The van der Waals surface area contributed by atoms with Gasteiger partial charge < -0.3 is 4.74 Å². The second-order valence-electron chi connectivity index (χ2n) is 3.18. The topological polar surface area (TPSA) is 22.1 Å². The number of hydrogen-bond donors (Lipinski definition) is 0. The third-order valence-corrected chi connectivity index (χ3v) is 2.32. The van der Waals surface area contributed by atoms with Crippen LogP contribution in [0.1, 0.15) is 0 Å². The van der Waals surface area contributed by atoms with E-state index in [0.29, 0.717) is 0 Å². The molecule has 1 heterocycles. The molecule has 2 aromatic rings. The van der Waals surface area contributed by atoms with Crippen molar-refractivity contribution >= 4 is 11.6 Å². The first kappa shape index (κ1) is 12.6. The zero-order valence-corrected chi connectivity index (χ0v) is 9.31. The lowest BCUT2D eigenvalue weighted by Gasteiger charge is -2.09. The number of hydrogen-bond acceptors (Lipinski definition) is 2. The summed E-state index contributed by atoms with van der Waals surface area (Å²) < 4.78 is 56.9. The quantitative estimate of drug-likeness (QED) is 0.609. The molecule has 0 unspecified atom stereocenters. The Labute approximate surface area is 104 Å². The van der Waals surface area contributed by atoms with Gasteiger partial charge in [-0.1, -0.05) is 23.7 Å². The van der Waals surface area contributed by atoms with E-state index in [4.69, 9.17) is 16.3 Å². The summed E-state index contributed by atoms with van der Waals surface area (Å²) in [6, 6.07) is 5.71. The minimum Gasteiger partial charge on any atom is -0.449 e. The standard InChI is InChI=1S/C11H4ClF4NO/c12-5-3-1-2-4-6(5)18-9-7(13)10(15)17-11(16)8(9)14/h1-4H. The summed E-state index contributed by atoms with van der Waals surface area (Å²) in [6.45, 7) is 0. The van der Waals surface area contributed by atoms with E-state index in [0.717, 1.165) is 0 Å². The molecule has 0 spiro atoms. The number of benzene rings is 1. The van der Waals surface area contributed by atoms with E-state index < -0.39 is 29.3 Å². The van der Waals surface area contributed by atoms with Crippen LogP contribution in [0.2, 0.25) is 5.02 Å². The molecule has 1 aromatic heterocycles. The van der Waals surface area contributed by atoms with Gasteiger partial charge in [-0.3, -0.25) is 0 Å². The summed E-state index contributed by atoms with van der Waals surface area (Å²) in [5.74, 6) is -8.41. The lowest BCUT2D eigenvalue weighted by molar-refractivity contribution is 0.343.